The average Bonchev–Trinajstić information content (AvgIpc) is 2.96. The molecule has 1 aliphatic rings. The molecule has 27 heavy (non-hydrogen) atoms. The van der Waals surface area contributed by atoms with Gasteiger partial charge in [0.15, 0.2) is 6.61 Å². The highest BCUT2D eigenvalue weighted by atomic mass is 19.3. The van der Waals surface area contributed by atoms with E-state index in [9.17, 15) is 13.6 Å². The largest absolute Gasteiger partial charge is 0.471 e. The van der Waals surface area contributed by atoms with Crippen LogP contribution in [0, 0.1) is 6.92 Å². The standard InChI is InChI=1S/C19H22F2N4O2/c1-11-6-13(8-24-17(11)27-10-19(3,20)21)12(2)25-9-15-14(18(25)26)4-5-23-16(15)7-22/h4-6,8,12H,7,9-10,22H2,1-3H3. The number of ether oxygens (including phenoxy) is 1. The summed E-state index contributed by atoms with van der Waals surface area (Å²) in [5.41, 5.74) is 9.35. The van der Waals surface area contributed by atoms with E-state index in [-0.39, 0.29) is 24.4 Å². The number of nitrogens with zero attached hydrogens (tertiary/aromatic N) is 3. The maximum atomic E-state index is 13.0. The Balaban J connectivity index is 1.80. The van der Waals surface area contributed by atoms with Crippen LogP contribution in [0.25, 0.3) is 0 Å². The highest BCUT2D eigenvalue weighted by molar-refractivity contribution is 5.98. The van der Waals surface area contributed by atoms with E-state index in [1.54, 1.807) is 36.4 Å². The van der Waals surface area contributed by atoms with E-state index in [1.165, 1.54) is 0 Å². The van der Waals surface area contributed by atoms with Gasteiger partial charge >= 0.3 is 0 Å². The van der Waals surface area contributed by atoms with E-state index in [0.717, 1.165) is 18.1 Å². The number of aromatic nitrogens is 2. The molecule has 144 valence electrons. The summed E-state index contributed by atoms with van der Waals surface area (Å²) in [5.74, 6) is -2.85. The van der Waals surface area contributed by atoms with Crippen LogP contribution in [0.4, 0.5) is 8.78 Å². The lowest BCUT2D eigenvalue weighted by atomic mass is 10.1. The van der Waals surface area contributed by atoms with Crippen LogP contribution >= 0.6 is 0 Å². The molecule has 0 saturated heterocycles. The van der Waals surface area contributed by atoms with E-state index >= 15 is 0 Å². The zero-order valence-electron chi connectivity index (χ0n) is 15.5. The molecule has 2 aromatic rings. The van der Waals surface area contributed by atoms with Crippen LogP contribution < -0.4 is 10.5 Å². The minimum absolute atomic E-state index is 0.0850. The smallest absolute Gasteiger partial charge is 0.278 e. The molecule has 1 unspecified atom stereocenters. The number of amides is 1. The number of hydrogen-bond acceptors (Lipinski definition) is 5. The number of pyridine rings is 2. The molecule has 2 N–H and O–H groups in total. The van der Waals surface area contributed by atoms with Crippen molar-refractivity contribution in [3.8, 4) is 5.88 Å². The molecular weight excluding hydrogens is 354 g/mol. The summed E-state index contributed by atoms with van der Waals surface area (Å²) in [4.78, 5) is 22.9. The zero-order valence-corrected chi connectivity index (χ0v) is 15.5. The van der Waals surface area contributed by atoms with Crippen molar-refractivity contribution >= 4 is 5.91 Å². The van der Waals surface area contributed by atoms with Crippen molar-refractivity contribution in [2.45, 2.75) is 45.8 Å². The van der Waals surface area contributed by atoms with Crippen molar-refractivity contribution in [1.29, 1.82) is 0 Å². The molecule has 0 aromatic carbocycles. The van der Waals surface area contributed by atoms with Gasteiger partial charge in [-0.25, -0.2) is 13.8 Å². The van der Waals surface area contributed by atoms with Crippen molar-refractivity contribution in [3.63, 3.8) is 0 Å². The molecule has 2 aromatic heterocycles. The summed E-state index contributed by atoms with van der Waals surface area (Å²) in [6.45, 7) is 4.40. The number of hydrogen-bond donors (Lipinski definition) is 1. The fourth-order valence-corrected chi connectivity index (χ4v) is 3.14. The van der Waals surface area contributed by atoms with E-state index in [4.69, 9.17) is 10.5 Å². The van der Waals surface area contributed by atoms with Crippen molar-refractivity contribution in [2.24, 2.45) is 5.73 Å². The average molecular weight is 376 g/mol. The lowest BCUT2D eigenvalue weighted by molar-refractivity contribution is -0.0244. The number of nitrogens with two attached hydrogens (primary N) is 1. The Morgan fingerprint density at radius 2 is 2.15 bits per heavy atom. The van der Waals surface area contributed by atoms with Gasteiger partial charge in [-0.1, -0.05) is 0 Å². The van der Waals surface area contributed by atoms with Gasteiger partial charge in [-0.05, 0) is 31.5 Å². The zero-order chi connectivity index (χ0) is 19.8. The summed E-state index contributed by atoms with van der Waals surface area (Å²) in [5, 5.41) is 0. The Labute approximate surface area is 156 Å². The number of carbonyl (C=O) groups excluding carboxylic acids is 1. The van der Waals surface area contributed by atoms with Crippen LogP contribution in [0.5, 0.6) is 5.88 Å². The molecule has 1 atom stereocenters. The molecule has 0 fully saturated rings. The summed E-state index contributed by atoms with van der Waals surface area (Å²) in [6.07, 6.45) is 3.15. The van der Waals surface area contributed by atoms with Gasteiger partial charge in [0.05, 0.1) is 11.7 Å². The maximum Gasteiger partial charge on any atom is 0.278 e. The first-order valence-electron chi connectivity index (χ1n) is 8.66. The Morgan fingerprint density at radius 1 is 1.41 bits per heavy atom. The Morgan fingerprint density at radius 3 is 2.78 bits per heavy atom. The third kappa shape index (κ3) is 3.90. The maximum absolute atomic E-state index is 13.0. The lowest BCUT2D eigenvalue weighted by Crippen LogP contribution is -2.27. The number of aryl methyl sites for hydroxylation is 1. The normalized spacial score (nSPS) is 15.0. The lowest BCUT2D eigenvalue weighted by Gasteiger charge is -2.25. The molecule has 1 amide bonds. The second kappa shape index (κ2) is 7.19. The molecule has 3 heterocycles. The minimum atomic E-state index is -2.93. The number of carbonyl (C=O) groups is 1. The van der Waals surface area contributed by atoms with Crippen molar-refractivity contribution < 1.29 is 18.3 Å². The fraction of sp³-hybridized carbons (Fsp3) is 0.421. The van der Waals surface area contributed by atoms with E-state index in [0.29, 0.717) is 23.4 Å². The van der Waals surface area contributed by atoms with Crippen molar-refractivity contribution in [1.82, 2.24) is 14.9 Å². The molecule has 0 aliphatic carbocycles. The third-order valence-electron chi connectivity index (χ3n) is 4.62. The summed E-state index contributed by atoms with van der Waals surface area (Å²) in [6, 6.07) is 3.26. The molecule has 1 aliphatic heterocycles. The van der Waals surface area contributed by atoms with Gasteiger partial charge in [-0.2, -0.15) is 0 Å². The molecule has 6 nitrogen and oxygen atoms in total. The van der Waals surface area contributed by atoms with Gasteiger partial charge in [-0.15, -0.1) is 0 Å². The van der Waals surface area contributed by atoms with E-state index < -0.39 is 12.5 Å². The van der Waals surface area contributed by atoms with Crippen molar-refractivity contribution in [3.05, 3.63) is 52.5 Å². The first kappa shape index (κ1) is 19.2. The summed E-state index contributed by atoms with van der Waals surface area (Å²) >= 11 is 0. The van der Waals surface area contributed by atoms with E-state index in [2.05, 4.69) is 9.97 Å². The Hall–Kier alpha value is -2.61. The van der Waals surface area contributed by atoms with Crippen LogP contribution in [0.2, 0.25) is 0 Å². The minimum Gasteiger partial charge on any atom is -0.471 e. The number of alkyl halides is 2. The molecule has 8 heteroatoms. The molecular formula is C19H22F2N4O2. The van der Waals surface area contributed by atoms with Gasteiger partial charge in [0.25, 0.3) is 11.8 Å². The van der Waals surface area contributed by atoms with Gasteiger partial charge in [0.1, 0.15) is 0 Å². The molecule has 0 spiro atoms. The summed E-state index contributed by atoms with van der Waals surface area (Å²) < 4.78 is 31.1. The second-order valence-corrected chi connectivity index (χ2v) is 6.85. The third-order valence-corrected chi connectivity index (χ3v) is 4.62. The van der Waals surface area contributed by atoms with Crippen LogP contribution in [0.1, 0.15) is 52.6 Å². The van der Waals surface area contributed by atoms with Gasteiger partial charge in [-0.3, -0.25) is 9.78 Å². The van der Waals surface area contributed by atoms with Crippen molar-refractivity contribution in [2.75, 3.05) is 6.61 Å². The monoisotopic (exact) mass is 376 g/mol. The predicted molar refractivity (Wildman–Crippen MR) is 95.5 cm³/mol. The molecule has 0 saturated carbocycles. The second-order valence-electron chi connectivity index (χ2n) is 6.85. The summed E-state index contributed by atoms with van der Waals surface area (Å²) in [7, 11) is 0. The van der Waals surface area contributed by atoms with Crippen LogP contribution in [-0.2, 0) is 13.1 Å². The van der Waals surface area contributed by atoms with Crippen LogP contribution in [0.15, 0.2) is 24.5 Å². The Bertz CT molecular complexity index is 867. The first-order valence-corrected chi connectivity index (χ1v) is 8.66. The number of fused-ring (bicyclic) bond motifs is 1. The van der Waals surface area contributed by atoms with Gasteiger partial charge in [0, 0.05) is 49.1 Å². The molecule has 0 bridgehead atoms. The quantitative estimate of drug-likeness (QED) is 0.838. The SMILES string of the molecule is Cc1cc(C(C)N2Cc3c(ccnc3CN)C2=O)cnc1OCC(C)(F)F. The topological polar surface area (TPSA) is 81.3 Å². The molecule has 3 rings (SSSR count). The molecule has 0 radical (unpaired) electrons. The van der Waals surface area contributed by atoms with Crippen LogP contribution in [-0.4, -0.2) is 33.3 Å². The van der Waals surface area contributed by atoms with Gasteiger partial charge < -0.3 is 15.4 Å². The first-order chi connectivity index (χ1) is 12.7. The van der Waals surface area contributed by atoms with Crippen LogP contribution in [0.3, 0.4) is 0 Å². The highest BCUT2D eigenvalue weighted by Gasteiger charge is 2.33. The van der Waals surface area contributed by atoms with Gasteiger partial charge in [0.2, 0.25) is 5.88 Å². The van der Waals surface area contributed by atoms with E-state index in [1.807, 2.05) is 6.92 Å². The number of halogens is 2. The number of rotatable bonds is 6. The Kier molecular flexibility index (Phi) is 5.10. The highest BCUT2D eigenvalue weighted by Crippen LogP contribution is 2.33. The predicted octanol–water partition coefficient (Wildman–Crippen LogP) is 2.99. The fourth-order valence-electron chi connectivity index (χ4n) is 3.14.